The quantitative estimate of drug-likeness (QED) is 0.523. The number of rotatable bonds is 4. The fourth-order valence-electron chi connectivity index (χ4n) is 2.42. The van der Waals surface area contributed by atoms with Gasteiger partial charge in [0, 0.05) is 26.2 Å². The van der Waals surface area contributed by atoms with Crippen LogP contribution in [0, 0.1) is 17.0 Å². The molecule has 3 aromatic rings. The lowest BCUT2D eigenvalue weighted by atomic mass is 10.1. The van der Waals surface area contributed by atoms with Gasteiger partial charge in [-0.25, -0.2) is 9.78 Å². The van der Waals surface area contributed by atoms with E-state index in [1.54, 1.807) is 21.0 Å². The van der Waals surface area contributed by atoms with E-state index in [-0.39, 0.29) is 33.3 Å². The molecular weight excluding hydrogens is 388 g/mol. The summed E-state index contributed by atoms with van der Waals surface area (Å²) in [6, 6.07) is 4.88. The third-order valence-electron chi connectivity index (χ3n) is 3.80. The number of nitro groups is 1. The zero-order chi connectivity index (χ0) is 20.6. The number of nitrogens with zero attached hydrogens (tertiary/aromatic N) is 3. The molecule has 0 aliphatic carbocycles. The Morgan fingerprint density at radius 2 is 2.00 bits per heavy atom. The van der Waals surface area contributed by atoms with Crippen LogP contribution in [-0.2, 0) is 0 Å². The van der Waals surface area contributed by atoms with Crippen LogP contribution in [-0.4, -0.2) is 40.7 Å². The monoisotopic (exact) mass is 402 g/mol. The van der Waals surface area contributed by atoms with Gasteiger partial charge in [-0.15, -0.1) is 0 Å². The third-order valence-corrected chi connectivity index (χ3v) is 4.86. The van der Waals surface area contributed by atoms with Gasteiger partial charge in [-0.3, -0.25) is 25.0 Å². The smallest absolute Gasteiger partial charge is 0.344 e. The van der Waals surface area contributed by atoms with Crippen LogP contribution in [0.4, 0.5) is 10.8 Å². The van der Waals surface area contributed by atoms with Crippen LogP contribution < -0.4 is 10.9 Å². The van der Waals surface area contributed by atoms with Gasteiger partial charge < -0.3 is 9.32 Å². The summed E-state index contributed by atoms with van der Waals surface area (Å²) in [4.78, 5) is 52.8. The van der Waals surface area contributed by atoms with Gasteiger partial charge in [0.05, 0.1) is 16.0 Å². The molecule has 28 heavy (non-hydrogen) atoms. The van der Waals surface area contributed by atoms with E-state index in [0.717, 1.165) is 11.3 Å². The number of fused-ring (bicyclic) bond motifs is 1. The van der Waals surface area contributed by atoms with Crippen molar-refractivity contribution in [3.63, 3.8) is 0 Å². The van der Waals surface area contributed by atoms with Gasteiger partial charge in [-0.2, -0.15) is 0 Å². The highest BCUT2D eigenvalue weighted by Gasteiger charge is 2.20. The summed E-state index contributed by atoms with van der Waals surface area (Å²) in [5.41, 5.74) is -0.558. The van der Waals surface area contributed by atoms with Gasteiger partial charge in [0.2, 0.25) is 0 Å². The molecular formula is C17H14N4O6S. The maximum atomic E-state index is 12.4. The third kappa shape index (κ3) is 3.60. The van der Waals surface area contributed by atoms with Crippen molar-refractivity contribution in [1.82, 2.24) is 9.88 Å². The largest absolute Gasteiger partial charge is 0.417 e. The Balaban J connectivity index is 1.94. The van der Waals surface area contributed by atoms with Crippen molar-refractivity contribution in [3.8, 4) is 0 Å². The minimum atomic E-state index is -0.795. The predicted octanol–water partition coefficient (Wildman–Crippen LogP) is 2.42. The summed E-state index contributed by atoms with van der Waals surface area (Å²) < 4.78 is 5.01. The van der Waals surface area contributed by atoms with E-state index >= 15 is 0 Å². The number of amides is 2. The molecule has 11 heteroatoms. The molecule has 0 saturated heterocycles. The Hall–Kier alpha value is -3.60. The summed E-state index contributed by atoms with van der Waals surface area (Å²) in [5, 5.41) is 13.9. The minimum absolute atomic E-state index is 0.117. The van der Waals surface area contributed by atoms with E-state index < -0.39 is 16.5 Å². The number of non-ortho nitro benzene ring substituents is 1. The lowest BCUT2D eigenvalue weighted by Crippen LogP contribution is -2.21. The van der Waals surface area contributed by atoms with Crippen LogP contribution in [0.15, 0.2) is 33.5 Å². The normalized spacial score (nSPS) is 10.7. The van der Waals surface area contributed by atoms with Crippen LogP contribution in [0.25, 0.3) is 10.8 Å². The number of thiazole rings is 1. The molecule has 1 aromatic carbocycles. The molecule has 0 atom stereocenters. The topological polar surface area (TPSA) is 136 Å². The average Bonchev–Trinajstić information content (AvgIpc) is 3.00. The van der Waals surface area contributed by atoms with Gasteiger partial charge >= 0.3 is 5.63 Å². The van der Waals surface area contributed by atoms with Crippen molar-refractivity contribution in [2.75, 3.05) is 19.4 Å². The maximum absolute atomic E-state index is 12.4. The lowest BCUT2D eigenvalue weighted by molar-refractivity contribution is -0.384. The first-order valence-electron chi connectivity index (χ1n) is 7.90. The average molecular weight is 402 g/mol. The molecule has 1 N–H and O–H groups in total. The SMILES string of the molecule is Cc1nc(NC(=O)c2cc3cc([N+](=O)[O-])ccc3c(=O)o2)sc1C(=O)N(C)C. The number of aryl methyl sites for hydroxylation is 1. The van der Waals surface area contributed by atoms with Gasteiger partial charge in [0.15, 0.2) is 10.9 Å². The van der Waals surface area contributed by atoms with Crippen molar-refractivity contribution in [3.05, 3.63) is 61.1 Å². The Morgan fingerprint density at radius 3 is 2.64 bits per heavy atom. The second-order valence-corrected chi connectivity index (χ2v) is 7.01. The number of aromatic nitrogens is 1. The molecule has 144 valence electrons. The van der Waals surface area contributed by atoms with E-state index in [0.29, 0.717) is 10.6 Å². The van der Waals surface area contributed by atoms with Crippen molar-refractivity contribution in [1.29, 1.82) is 0 Å². The number of carbonyl (C=O) groups is 2. The van der Waals surface area contributed by atoms with Gasteiger partial charge in [-0.1, -0.05) is 11.3 Å². The van der Waals surface area contributed by atoms with Gasteiger partial charge in [0.1, 0.15) is 4.88 Å². The second kappa shape index (κ2) is 7.19. The molecule has 2 amide bonds. The molecule has 0 fully saturated rings. The van der Waals surface area contributed by atoms with E-state index in [2.05, 4.69) is 10.3 Å². The highest BCUT2D eigenvalue weighted by atomic mass is 32.1. The van der Waals surface area contributed by atoms with E-state index in [4.69, 9.17) is 4.42 Å². The van der Waals surface area contributed by atoms with Crippen LogP contribution in [0.3, 0.4) is 0 Å². The molecule has 2 aromatic heterocycles. The first-order valence-corrected chi connectivity index (χ1v) is 8.71. The molecule has 10 nitrogen and oxygen atoms in total. The van der Waals surface area contributed by atoms with Gasteiger partial charge in [0.25, 0.3) is 17.5 Å². The molecule has 3 rings (SSSR count). The highest BCUT2D eigenvalue weighted by Crippen LogP contribution is 2.25. The molecule has 0 unspecified atom stereocenters. The lowest BCUT2D eigenvalue weighted by Gasteiger charge is -2.07. The standard InChI is InChI=1S/C17H14N4O6S/c1-8-13(15(23)20(2)3)28-17(18-8)19-14(22)12-7-9-6-10(21(25)26)4-5-11(9)16(24)27-12/h4-7H,1-3H3,(H,18,19,22). The zero-order valence-corrected chi connectivity index (χ0v) is 15.8. The summed E-state index contributed by atoms with van der Waals surface area (Å²) >= 11 is 0.990. The number of hydrogen-bond donors (Lipinski definition) is 1. The van der Waals surface area contributed by atoms with Crippen LogP contribution in [0.2, 0.25) is 0 Å². The summed E-state index contributed by atoms with van der Waals surface area (Å²) in [6.45, 7) is 1.64. The number of carbonyl (C=O) groups excluding carboxylic acids is 2. The number of nitro benzene ring substituents is 1. The molecule has 2 heterocycles. The summed E-state index contributed by atoms with van der Waals surface area (Å²) in [5.74, 6) is -1.34. The fourth-order valence-corrected chi connectivity index (χ4v) is 3.40. The first-order chi connectivity index (χ1) is 13.2. The number of nitrogens with one attached hydrogen (secondary N) is 1. The van der Waals surface area contributed by atoms with Crippen LogP contribution >= 0.6 is 11.3 Å². The minimum Gasteiger partial charge on any atom is -0.417 e. The predicted molar refractivity (Wildman–Crippen MR) is 102 cm³/mol. The molecule has 0 aliphatic heterocycles. The Morgan fingerprint density at radius 1 is 1.29 bits per heavy atom. The molecule has 0 bridgehead atoms. The summed E-state index contributed by atoms with van der Waals surface area (Å²) in [7, 11) is 3.20. The van der Waals surface area contributed by atoms with E-state index in [1.165, 1.54) is 29.2 Å². The van der Waals surface area contributed by atoms with E-state index in [1.807, 2.05) is 0 Å². The van der Waals surface area contributed by atoms with Crippen LogP contribution in [0.1, 0.15) is 25.9 Å². The Labute approximate surface area is 161 Å². The molecule has 0 spiro atoms. The van der Waals surface area contributed by atoms with Crippen molar-refractivity contribution in [2.24, 2.45) is 0 Å². The number of benzene rings is 1. The van der Waals surface area contributed by atoms with E-state index in [9.17, 15) is 24.5 Å². The Kier molecular flexibility index (Phi) is 4.92. The Bertz CT molecular complexity index is 1180. The number of hydrogen-bond acceptors (Lipinski definition) is 8. The zero-order valence-electron chi connectivity index (χ0n) is 15.0. The van der Waals surface area contributed by atoms with Crippen LogP contribution in [0.5, 0.6) is 0 Å². The number of anilines is 1. The maximum Gasteiger partial charge on any atom is 0.344 e. The van der Waals surface area contributed by atoms with Gasteiger partial charge in [-0.05, 0) is 24.4 Å². The molecule has 0 radical (unpaired) electrons. The second-order valence-electron chi connectivity index (χ2n) is 6.01. The first kappa shape index (κ1) is 19.2. The van der Waals surface area contributed by atoms with Crippen molar-refractivity contribution < 1.29 is 18.9 Å². The fraction of sp³-hybridized carbons (Fsp3) is 0.176. The van der Waals surface area contributed by atoms with Crippen molar-refractivity contribution >= 4 is 44.7 Å². The highest BCUT2D eigenvalue weighted by molar-refractivity contribution is 7.17. The molecule has 0 aliphatic rings. The molecule has 0 saturated carbocycles. The summed E-state index contributed by atoms with van der Waals surface area (Å²) in [6.07, 6.45) is 0. The van der Waals surface area contributed by atoms with Crippen molar-refractivity contribution in [2.45, 2.75) is 6.92 Å².